The number of aromatic nitrogens is 1. The molecule has 1 aromatic rings. The Morgan fingerprint density at radius 2 is 2.22 bits per heavy atom. The van der Waals surface area contributed by atoms with Gasteiger partial charge >= 0.3 is 5.97 Å². The normalized spacial score (nSPS) is 23.3. The molecule has 0 amide bonds. The molecule has 0 aromatic carbocycles. The first kappa shape index (κ1) is 13.5. The van der Waals surface area contributed by atoms with Gasteiger partial charge in [-0.2, -0.15) is 0 Å². The molecule has 0 N–H and O–H groups in total. The molecule has 2 unspecified atom stereocenters. The van der Waals surface area contributed by atoms with Gasteiger partial charge in [0, 0.05) is 10.8 Å². The Labute approximate surface area is 113 Å². The molecule has 0 radical (unpaired) electrons. The molecule has 1 aliphatic carbocycles. The highest BCUT2D eigenvalue weighted by Gasteiger charge is 2.28. The summed E-state index contributed by atoms with van der Waals surface area (Å²) in [5.74, 6) is 1.12. The molecule has 0 aliphatic heterocycles. The van der Waals surface area contributed by atoms with Crippen LogP contribution in [0.2, 0.25) is 0 Å². The molecule has 0 saturated heterocycles. The van der Waals surface area contributed by atoms with Crippen LogP contribution in [-0.2, 0) is 4.74 Å². The van der Waals surface area contributed by atoms with Gasteiger partial charge in [0.05, 0.1) is 11.6 Å². The standard InChI is InChI=1S/C14H21NO2S/c1-4-10-6-7-11(8-10)13-15-12(9(3)18-13)14(16)17-5-2/h10-11H,4-8H2,1-3H3. The van der Waals surface area contributed by atoms with Crippen molar-refractivity contribution in [3.8, 4) is 0 Å². The van der Waals surface area contributed by atoms with Crippen LogP contribution in [0.3, 0.4) is 0 Å². The maximum absolute atomic E-state index is 11.7. The molecule has 4 heteroatoms. The SMILES string of the molecule is CCOC(=O)c1nc(C2CCC(CC)C2)sc1C. The molecule has 0 spiro atoms. The summed E-state index contributed by atoms with van der Waals surface area (Å²) in [4.78, 5) is 17.2. The summed E-state index contributed by atoms with van der Waals surface area (Å²) in [7, 11) is 0. The fourth-order valence-electron chi connectivity index (χ4n) is 2.65. The second kappa shape index (κ2) is 5.83. The predicted octanol–water partition coefficient (Wildman–Crippen LogP) is 3.92. The third-order valence-corrected chi connectivity index (χ3v) is 4.88. The molecule has 18 heavy (non-hydrogen) atoms. The molecule has 1 saturated carbocycles. The van der Waals surface area contributed by atoms with Crippen LogP contribution in [-0.4, -0.2) is 17.6 Å². The highest BCUT2D eigenvalue weighted by atomic mass is 32.1. The van der Waals surface area contributed by atoms with Crippen LogP contribution in [0.1, 0.15) is 65.8 Å². The van der Waals surface area contributed by atoms with E-state index in [0.29, 0.717) is 18.2 Å². The number of esters is 1. The van der Waals surface area contributed by atoms with E-state index in [1.807, 2.05) is 13.8 Å². The lowest BCUT2D eigenvalue weighted by Gasteiger charge is -2.06. The Morgan fingerprint density at radius 3 is 2.83 bits per heavy atom. The summed E-state index contributed by atoms with van der Waals surface area (Å²) in [5, 5.41) is 1.13. The average molecular weight is 267 g/mol. The van der Waals surface area contributed by atoms with Gasteiger partial charge in [0.1, 0.15) is 0 Å². The maximum atomic E-state index is 11.7. The zero-order valence-corrected chi connectivity index (χ0v) is 12.2. The topological polar surface area (TPSA) is 39.2 Å². The van der Waals surface area contributed by atoms with Crippen LogP contribution in [0, 0.1) is 12.8 Å². The van der Waals surface area contributed by atoms with Gasteiger partial charge in [0.25, 0.3) is 0 Å². The van der Waals surface area contributed by atoms with Gasteiger partial charge in [0.2, 0.25) is 0 Å². The van der Waals surface area contributed by atoms with E-state index < -0.39 is 0 Å². The first-order valence-corrected chi connectivity index (χ1v) is 7.61. The van der Waals surface area contributed by atoms with E-state index in [9.17, 15) is 4.79 Å². The van der Waals surface area contributed by atoms with Crippen LogP contribution < -0.4 is 0 Å². The number of hydrogen-bond donors (Lipinski definition) is 0. The van der Waals surface area contributed by atoms with Crippen molar-refractivity contribution in [2.24, 2.45) is 5.92 Å². The monoisotopic (exact) mass is 267 g/mol. The van der Waals surface area contributed by atoms with Crippen LogP contribution >= 0.6 is 11.3 Å². The fraction of sp³-hybridized carbons (Fsp3) is 0.714. The van der Waals surface area contributed by atoms with E-state index in [1.54, 1.807) is 11.3 Å². The summed E-state index contributed by atoms with van der Waals surface area (Å²) in [6.45, 7) is 6.44. The first-order valence-electron chi connectivity index (χ1n) is 6.80. The minimum Gasteiger partial charge on any atom is -0.461 e. The van der Waals surface area contributed by atoms with E-state index >= 15 is 0 Å². The quantitative estimate of drug-likeness (QED) is 0.776. The van der Waals surface area contributed by atoms with Crippen LogP contribution in [0.25, 0.3) is 0 Å². The van der Waals surface area contributed by atoms with Gasteiger partial charge in [0.15, 0.2) is 5.69 Å². The number of aryl methyl sites for hydroxylation is 1. The minimum atomic E-state index is -0.275. The molecule has 1 aromatic heterocycles. The van der Waals surface area contributed by atoms with Crippen molar-refractivity contribution in [1.82, 2.24) is 4.98 Å². The van der Waals surface area contributed by atoms with Crippen molar-refractivity contribution in [1.29, 1.82) is 0 Å². The maximum Gasteiger partial charge on any atom is 0.358 e. The van der Waals surface area contributed by atoms with Crippen molar-refractivity contribution in [3.63, 3.8) is 0 Å². The van der Waals surface area contributed by atoms with E-state index in [1.165, 1.54) is 25.7 Å². The highest BCUT2D eigenvalue weighted by molar-refractivity contribution is 7.12. The number of thiazole rings is 1. The van der Waals surface area contributed by atoms with Gasteiger partial charge in [-0.1, -0.05) is 13.3 Å². The zero-order chi connectivity index (χ0) is 13.1. The third-order valence-electron chi connectivity index (χ3n) is 3.75. The number of carbonyl (C=O) groups excluding carboxylic acids is 1. The van der Waals surface area contributed by atoms with E-state index in [4.69, 9.17) is 4.74 Å². The summed E-state index contributed by atoms with van der Waals surface area (Å²) < 4.78 is 5.03. The van der Waals surface area contributed by atoms with Gasteiger partial charge in [-0.25, -0.2) is 9.78 Å². The lowest BCUT2D eigenvalue weighted by molar-refractivity contribution is 0.0519. The van der Waals surface area contributed by atoms with Crippen LogP contribution in [0.15, 0.2) is 0 Å². The van der Waals surface area contributed by atoms with Crippen molar-refractivity contribution in [2.45, 2.75) is 52.4 Å². The molecule has 0 bridgehead atoms. The number of nitrogens with zero attached hydrogens (tertiary/aromatic N) is 1. The van der Waals surface area contributed by atoms with Crippen LogP contribution in [0.4, 0.5) is 0 Å². The first-order chi connectivity index (χ1) is 8.65. The van der Waals surface area contributed by atoms with E-state index in [-0.39, 0.29) is 5.97 Å². The molecular weight excluding hydrogens is 246 g/mol. The van der Waals surface area contributed by atoms with Gasteiger partial charge < -0.3 is 4.74 Å². The van der Waals surface area contributed by atoms with E-state index in [2.05, 4.69) is 11.9 Å². The lowest BCUT2D eigenvalue weighted by atomic mass is 10.0. The molecule has 100 valence electrons. The second-order valence-corrected chi connectivity index (χ2v) is 6.20. The van der Waals surface area contributed by atoms with Crippen LogP contribution in [0.5, 0.6) is 0 Å². The van der Waals surface area contributed by atoms with Gasteiger partial charge in [-0.05, 0) is 39.0 Å². The largest absolute Gasteiger partial charge is 0.461 e. The Morgan fingerprint density at radius 1 is 1.44 bits per heavy atom. The van der Waals surface area contributed by atoms with Crippen molar-refractivity contribution in [3.05, 3.63) is 15.6 Å². The zero-order valence-electron chi connectivity index (χ0n) is 11.4. The summed E-state index contributed by atoms with van der Waals surface area (Å²) in [6, 6.07) is 0. The smallest absolute Gasteiger partial charge is 0.358 e. The second-order valence-electron chi connectivity index (χ2n) is 4.96. The number of hydrogen-bond acceptors (Lipinski definition) is 4. The Hall–Kier alpha value is -0.900. The van der Waals surface area contributed by atoms with Gasteiger partial charge in [-0.15, -0.1) is 11.3 Å². The van der Waals surface area contributed by atoms with Crippen molar-refractivity contribution < 1.29 is 9.53 Å². The molecular formula is C14H21NO2S. The molecule has 1 fully saturated rings. The number of ether oxygens (including phenoxy) is 1. The predicted molar refractivity (Wildman–Crippen MR) is 73.2 cm³/mol. The Bertz CT molecular complexity index is 427. The molecule has 2 atom stereocenters. The molecule has 1 aliphatic rings. The minimum absolute atomic E-state index is 0.275. The average Bonchev–Trinajstić information content (AvgIpc) is 2.95. The number of rotatable bonds is 4. The lowest BCUT2D eigenvalue weighted by Crippen LogP contribution is -2.07. The third kappa shape index (κ3) is 2.74. The van der Waals surface area contributed by atoms with Gasteiger partial charge in [-0.3, -0.25) is 0 Å². The Kier molecular flexibility index (Phi) is 4.38. The summed E-state index contributed by atoms with van der Waals surface area (Å²) in [5.41, 5.74) is 0.525. The van der Waals surface area contributed by atoms with E-state index in [0.717, 1.165) is 15.8 Å². The van der Waals surface area contributed by atoms with Crippen molar-refractivity contribution >= 4 is 17.3 Å². The summed E-state index contributed by atoms with van der Waals surface area (Å²) >= 11 is 1.67. The molecule has 2 rings (SSSR count). The molecule has 1 heterocycles. The summed E-state index contributed by atoms with van der Waals surface area (Å²) in [6.07, 6.45) is 5.00. The highest BCUT2D eigenvalue weighted by Crippen LogP contribution is 2.41. The molecule has 3 nitrogen and oxygen atoms in total. The fourth-order valence-corrected chi connectivity index (χ4v) is 3.71. The number of carbonyl (C=O) groups is 1. The van der Waals surface area contributed by atoms with Crippen molar-refractivity contribution in [2.75, 3.05) is 6.61 Å². The Balaban J connectivity index is 2.11.